The lowest BCUT2D eigenvalue weighted by Gasteiger charge is -2.32. The first kappa shape index (κ1) is 116. The number of nitrogens with zero attached hydrogens (tertiary/aromatic N) is 12. The van der Waals surface area contributed by atoms with E-state index in [1.165, 1.54) is 41.4 Å². The molecule has 9 rings (SSSR count). The molecule has 4 N–H and O–H groups in total. The Morgan fingerprint density at radius 3 is 1.25 bits per heavy atom. The van der Waals surface area contributed by atoms with Crippen LogP contribution in [0.4, 0.5) is 26.3 Å². The summed E-state index contributed by atoms with van der Waals surface area (Å²) in [7, 11) is -16.6. The molecular weight excluding hydrogens is 1850 g/mol. The molecule has 0 aromatic carbocycles. The molecule has 49 heteroatoms. The van der Waals surface area contributed by atoms with E-state index in [2.05, 4.69) is 92.3 Å². The van der Waals surface area contributed by atoms with Crippen LogP contribution in [0.3, 0.4) is 0 Å². The molecule has 692 valence electrons. The average Bonchev–Trinajstić information content (AvgIpc) is 1.63. The summed E-state index contributed by atoms with van der Waals surface area (Å²) in [6.07, 6.45) is 42.6. The van der Waals surface area contributed by atoms with Crippen molar-refractivity contribution in [1.29, 1.82) is 0 Å². The maximum Gasteiger partial charge on any atom is 0.524 e. The van der Waals surface area contributed by atoms with E-state index in [1.807, 2.05) is 84.7 Å². The van der Waals surface area contributed by atoms with E-state index in [-0.39, 0.29) is 53.7 Å². The number of aryl methyl sites for hydroxylation is 5. The van der Waals surface area contributed by atoms with Gasteiger partial charge >= 0.3 is 68.2 Å². The molecule has 6 aromatic rings. The molecule has 0 radical (unpaired) electrons. The second kappa shape index (κ2) is 58.9. The van der Waals surface area contributed by atoms with Gasteiger partial charge < -0.3 is 39.0 Å². The predicted molar refractivity (Wildman–Crippen MR) is 454 cm³/mol. The lowest BCUT2D eigenvalue weighted by molar-refractivity contribution is -0.162. The summed E-state index contributed by atoms with van der Waals surface area (Å²) in [6, 6.07) is 0. The fraction of sp³-hybridized carbons (Fsp3) is 0.467. The van der Waals surface area contributed by atoms with Crippen LogP contribution in [0.1, 0.15) is 146 Å². The van der Waals surface area contributed by atoms with Crippen molar-refractivity contribution in [3.05, 3.63) is 166 Å². The maximum atomic E-state index is 11.8. The summed E-state index contributed by atoms with van der Waals surface area (Å²) in [5.41, 5.74) is -9.12. The Morgan fingerprint density at radius 2 is 0.968 bits per heavy atom. The zero-order valence-corrected chi connectivity index (χ0v) is 77.0. The molecule has 0 saturated carbocycles. The average molecular weight is 1950 g/mol. The fourth-order valence-electron chi connectivity index (χ4n) is 7.60. The number of carboxylic acids is 1. The van der Waals surface area contributed by atoms with Gasteiger partial charge in [0.05, 0.1) is 88.8 Å². The first-order valence-electron chi connectivity index (χ1n) is 37.4. The smallest absolute Gasteiger partial charge is 0.478 e. The van der Waals surface area contributed by atoms with E-state index in [4.69, 9.17) is 29.0 Å². The minimum absolute atomic E-state index is 0.0336. The normalized spacial score (nSPS) is 14.0. The van der Waals surface area contributed by atoms with Gasteiger partial charge in [0.1, 0.15) is 0 Å². The lowest BCUT2D eigenvalue weighted by atomic mass is 9.90. The number of imide groups is 1. The van der Waals surface area contributed by atoms with Crippen molar-refractivity contribution >= 4 is 141 Å². The van der Waals surface area contributed by atoms with Gasteiger partial charge in [-0.05, 0) is 198 Å². The predicted octanol–water partition coefficient (Wildman–Crippen LogP) is 11.1. The molecule has 3 aliphatic heterocycles. The van der Waals surface area contributed by atoms with E-state index < -0.39 is 78.4 Å². The number of carboxylic acid groups (broad SMARTS) is 1. The van der Waals surface area contributed by atoms with Gasteiger partial charge in [0.2, 0.25) is 5.91 Å². The van der Waals surface area contributed by atoms with Gasteiger partial charge in [0.15, 0.2) is 0 Å². The largest absolute Gasteiger partial charge is 0.524 e. The standard InChI is InChI=1S/C13H15N3O2.C13H18N2O3.C11H19BO4.C10H14N2O2.C8H10N2O2.C5H7BrN2.C5H7NO.C3H3BrN2.C3H5F3O3S.C2H3F3O5S2.C2H6O/c1-2-15-10-11(9-14-15)6-7-13(18)16-8-4-3-5-12(16)17;1-5-15-9-10(8-14-15)6-7-11(16)18-12(17)13(2,3)4;1-6-14-9(13)7-8-12-15-10(2,3)11(4,5)16-12;1-3-12-8-9(7-11-12)5-6-10(13)14-4-2;1-2-10-6-7(5-9-10)3-4-8(11)12;1-2-8-4-5(6)3-7-8;7-5-3-1-2-4-6-5;4-3-1-5-6-2-3;1-2-9-10(7,8)3(4,5)6;1-11(6,7)10-12(8,9)2(3,4)5;1-2-3/h3,5-7,9-10H,2,4,8H2,1H3;6-9H,5H2,1-4H3;7-8H,6H2,1-5H3;5-8H,3-4H2,1-2H3;3-6H,2H2,1H3,(H,11,12);3-4H,2H2,1H3;1,3H,2,4H2,(H,6,7);1-2H,(H,5,6);2H2,1H3;1H3;3H,2H2,1H3/b2*7-6+;8-7+;6-5+;4-3+;;;;;;. The third-order valence-corrected chi connectivity index (χ3v) is 18.5. The van der Waals surface area contributed by atoms with Gasteiger partial charge in [0, 0.05) is 142 Å². The van der Waals surface area contributed by atoms with Crippen LogP contribution in [0, 0.1) is 5.41 Å². The number of aromatic amines is 1. The van der Waals surface area contributed by atoms with Crippen LogP contribution in [-0.4, -0.2) is 222 Å². The van der Waals surface area contributed by atoms with Crippen LogP contribution in [-0.2, 0) is 133 Å². The second-order valence-electron chi connectivity index (χ2n) is 25.9. The summed E-state index contributed by atoms with van der Waals surface area (Å²) in [5, 5.41) is 45.1. The minimum atomic E-state index is -6.04. The van der Waals surface area contributed by atoms with Gasteiger partial charge in [-0.1, -0.05) is 12.2 Å². The van der Waals surface area contributed by atoms with Crippen LogP contribution in [0.25, 0.3) is 24.3 Å². The SMILES string of the molecule is Brc1cn[nH]c1.CCO.CCOC(=O)/C=C/B1OC(C)(C)C(C)(C)O1.CCOC(=O)/C=C/c1cnn(CC)c1.CCOS(=O)(=O)C(F)(F)F.CCn1cc(/C=C/C(=O)N2CCC=CC2=O)cn1.CCn1cc(/C=C/C(=O)O)cn1.CCn1cc(/C=C/C(=O)OC(=O)C(C)(C)C)cn1.CCn1cc(Br)cn1.CS(=O)(=O)OS(=O)(=O)C(F)(F)F.O=C1C=CCCN1. The van der Waals surface area contributed by atoms with Gasteiger partial charge in [-0.25, -0.2) is 19.2 Å². The van der Waals surface area contributed by atoms with Gasteiger partial charge in [0.25, 0.3) is 21.9 Å². The van der Waals surface area contributed by atoms with E-state index in [0.717, 1.165) is 96.3 Å². The number of H-pyrrole nitrogens is 1. The number of amides is 3. The Labute approximate surface area is 733 Å². The highest BCUT2D eigenvalue weighted by atomic mass is 79.9. The van der Waals surface area contributed by atoms with Crippen LogP contribution < -0.4 is 5.32 Å². The molecule has 37 nitrogen and oxygen atoms in total. The van der Waals surface area contributed by atoms with Crippen LogP contribution >= 0.6 is 31.9 Å². The number of alkyl halides is 6. The number of aliphatic hydroxyl groups excluding tert-OH is 1. The first-order valence-corrected chi connectivity index (χ1v) is 43.6. The number of esters is 4. The van der Waals surface area contributed by atoms with Gasteiger partial charge in [-0.2, -0.15) is 82.2 Å². The molecule has 3 aliphatic rings. The highest BCUT2D eigenvalue weighted by Gasteiger charge is 2.51. The molecule has 0 atom stereocenters. The number of hydrogen-bond donors (Lipinski definition) is 4. The number of aromatic nitrogens is 12. The Balaban J connectivity index is 0. The zero-order chi connectivity index (χ0) is 95.3. The summed E-state index contributed by atoms with van der Waals surface area (Å²) in [4.78, 5) is 89.8. The van der Waals surface area contributed by atoms with E-state index in [9.17, 15) is 90.0 Å². The number of aliphatic carboxylic acids is 1. The molecular formula is C75H107BBr2F6N14O23S3. The summed E-state index contributed by atoms with van der Waals surface area (Å²) in [6.45, 7) is 35.2. The molecule has 1 saturated heterocycles. The number of carbonyl (C=O) groups is 8. The summed E-state index contributed by atoms with van der Waals surface area (Å²) >= 11 is 6.48. The van der Waals surface area contributed by atoms with E-state index in [0.29, 0.717) is 19.8 Å². The van der Waals surface area contributed by atoms with E-state index >= 15 is 0 Å². The van der Waals surface area contributed by atoms with E-state index in [1.54, 1.807) is 152 Å². The number of ether oxygens (including phenoxy) is 3. The Hall–Kier alpha value is -10.1. The molecule has 6 aromatic heterocycles. The van der Waals surface area contributed by atoms with Gasteiger partial charge in [-0.3, -0.25) is 56.8 Å². The van der Waals surface area contributed by atoms with Crippen LogP contribution in [0.2, 0.25) is 0 Å². The third-order valence-electron chi connectivity index (χ3n) is 14.2. The highest BCUT2D eigenvalue weighted by Crippen LogP contribution is 2.37. The highest BCUT2D eigenvalue weighted by molar-refractivity contribution is 9.10. The quantitative estimate of drug-likeness (QED) is 0.00760. The van der Waals surface area contributed by atoms with Crippen molar-refractivity contribution in [3.8, 4) is 0 Å². The van der Waals surface area contributed by atoms with Crippen molar-refractivity contribution in [2.75, 3.05) is 45.8 Å². The van der Waals surface area contributed by atoms with Crippen molar-refractivity contribution in [2.24, 2.45) is 5.41 Å². The molecule has 0 unspecified atom stereocenters. The van der Waals surface area contributed by atoms with Gasteiger partial charge in [-0.15, -0.1) is 3.63 Å². The molecule has 0 bridgehead atoms. The second-order valence-corrected chi connectivity index (χ2v) is 32.6. The summed E-state index contributed by atoms with van der Waals surface area (Å²) < 4.78 is 170. The number of aliphatic hydroxyl groups is 1. The van der Waals surface area contributed by atoms with Crippen LogP contribution in [0.15, 0.2) is 144 Å². The molecule has 0 spiro atoms. The topological polar surface area (TPSA) is 477 Å². The van der Waals surface area contributed by atoms with Crippen molar-refractivity contribution in [2.45, 2.75) is 179 Å². The van der Waals surface area contributed by atoms with Crippen LogP contribution in [0.5, 0.6) is 0 Å². The molecule has 124 heavy (non-hydrogen) atoms. The Morgan fingerprint density at radius 1 is 0.565 bits per heavy atom. The third kappa shape index (κ3) is 51.8. The number of carbonyl (C=O) groups excluding carboxylic acids is 7. The Bertz CT molecular complexity index is 4800. The van der Waals surface area contributed by atoms with Crippen molar-refractivity contribution < 1.29 is 131 Å². The number of rotatable bonds is 21. The fourth-order valence-corrected chi connectivity index (χ4v) is 10.2. The monoisotopic (exact) mass is 1950 g/mol. The number of nitrogens with one attached hydrogen (secondary N) is 2. The number of halogens is 8. The molecule has 1 fully saturated rings. The number of hydrogen-bond acceptors (Lipinski definition) is 28. The molecule has 3 amide bonds. The first-order chi connectivity index (χ1) is 57.6. The zero-order valence-electron chi connectivity index (χ0n) is 71.4. The van der Waals surface area contributed by atoms with Crippen molar-refractivity contribution in [3.63, 3.8) is 0 Å². The lowest BCUT2D eigenvalue weighted by Crippen LogP contribution is -2.41. The molecule has 9 heterocycles. The van der Waals surface area contributed by atoms with Crippen molar-refractivity contribution in [1.82, 2.24) is 69.3 Å². The Kier molecular flexibility index (Phi) is 55.0. The maximum absolute atomic E-state index is 11.8. The summed E-state index contributed by atoms with van der Waals surface area (Å²) in [5.74, 6) is -1.78. The minimum Gasteiger partial charge on any atom is -0.478 e. The molecule has 0 aliphatic carbocycles.